The number of benzene rings is 1. The summed E-state index contributed by atoms with van der Waals surface area (Å²) in [5.74, 6) is 0.660. The van der Waals surface area contributed by atoms with Gasteiger partial charge in [0.25, 0.3) is 5.56 Å². The third-order valence-electron chi connectivity index (χ3n) is 5.20. The highest BCUT2D eigenvalue weighted by atomic mass is 32.1. The molecule has 1 atom stereocenters. The first-order chi connectivity index (χ1) is 15.0. The van der Waals surface area contributed by atoms with Crippen LogP contribution in [-0.4, -0.2) is 33.5 Å². The standard InChI is InChI=1S/C23H23N3O3S2/c1-16(12-19-4-3-10-30-19)26(13-17-5-7-18(29-2)8-6-17)21(27)14-25-15-24-22-20(23(25)28)9-11-31-22/h3-11,15-16H,12-14H2,1-2H3/t16-/m1/s1. The van der Waals surface area contributed by atoms with Crippen LogP contribution in [0.15, 0.2) is 64.3 Å². The van der Waals surface area contributed by atoms with Crippen LogP contribution in [0, 0.1) is 0 Å². The number of fused-ring (bicyclic) bond motifs is 1. The van der Waals surface area contributed by atoms with Gasteiger partial charge in [0.15, 0.2) is 0 Å². The molecule has 160 valence electrons. The van der Waals surface area contributed by atoms with Crippen LogP contribution >= 0.6 is 22.7 Å². The first-order valence-corrected chi connectivity index (χ1v) is 11.7. The van der Waals surface area contributed by atoms with Gasteiger partial charge in [0.05, 0.1) is 18.8 Å². The fourth-order valence-electron chi connectivity index (χ4n) is 3.49. The number of aromatic nitrogens is 2. The lowest BCUT2D eigenvalue weighted by Crippen LogP contribution is -2.42. The molecule has 0 aliphatic heterocycles. The molecular weight excluding hydrogens is 430 g/mol. The highest BCUT2D eigenvalue weighted by molar-refractivity contribution is 7.16. The number of amides is 1. The SMILES string of the molecule is COc1ccc(CN(C(=O)Cn2cnc3sccc3c2=O)[C@H](C)Cc2cccs2)cc1. The lowest BCUT2D eigenvalue weighted by atomic mass is 10.1. The van der Waals surface area contributed by atoms with E-state index in [1.165, 1.54) is 27.1 Å². The number of thiophene rings is 2. The molecule has 3 aromatic heterocycles. The molecule has 0 spiro atoms. The molecule has 0 radical (unpaired) electrons. The summed E-state index contributed by atoms with van der Waals surface area (Å²) in [5.41, 5.74) is 0.820. The van der Waals surface area contributed by atoms with E-state index in [1.807, 2.05) is 52.9 Å². The van der Waals surface area contributed by atoms with Crippen molar-refractivity contribution in [2.75, 3.05) is 7.11 Å². The van der Waals surface area contributed by atoms with Crippen molar-refractivity contribution in [3.63, 3.8) is 0 Å². The molecule has 3 heterocycles. The van der Waals surface area contributed by atoms with Gasteiger partial charge < -0.3 is 9.64 Å². The Bertz CT molecular complexity index is 1210. The Labute approximate surface area is 188 Å². The van der Waals surface area contributed by atoms with Gasteiger partial charge in [0.2, 0.25) is 5.91 Å². The Morgan fingerprint density at radius 1 is 1.16 bits per heavy atom. The first kappa shape index (κ1) is 21.3. The summed E-state index contributed by atoms with van der Waals surface area (Å²) in [7, 11) is 1.63. The summed E-state index contributed by atoms with van der Waals surface area (Å²) < 4.78 is 6.64. The molecule has 0 aliphatic rings. The van der Waals surface area contributed by atoms with E-state index in [-0.39, 0.29) is 24.1 Å². The maximum Gasteiger partial charge on any atom is 0.262 e. The normalized spacial score (nSPS) is 12.1. The molecule has 31 heavy (non-hydrogen) atoms. The summed E-state index contributed by atoms with van der Waals surface area (Å²) in [6.07, 6.45) is 2.23. The number of methoxy groups -OCH3 is 1. The number of hydrogen-bond donors (Lipinski definition) is 0. The van der Waals surface area contributed by atoms with E-state index in [4.69, 9.17) is 4.74 Å². The summed E-state index contributed by atoms with van der Waals surface area (Å²) in [6.45, 7) is 2.46. The molecule has 4 rings (SSSR count). The molecule has 6 nitrogen and oxygen atoms in total. The van der Waals surface area contributed by atoms with Gasteiger partial charge in [-0.25, -0.2) is 4.98 Å². The Hall–Kier alpha value is -2.97. The van der Waals surface area contributed by atoms with E-state index >= 15 is 0 Å². The second kappa shape index (κ2) is 9.45. The van der Waals surface area contributed by atoms with E-state index in [2.05, 4.69) is 11.1 Å². The molecule has 4 aromatic rings. The van der Waals surface area contributed by atoms with Crippen molar-refractivity contribution in [3.05, 3.63) is 80.3 Å². The van der Waals surface area contributed by atoms with Gasteiger partial charge in [-0.2, -0.15) is 0 Å². The van der Waals surface area contributed by atoms with Crippen LogP contribution in [0.5, 0.6) is 5.75 Å². The second-order valence-electron chi connectivity index (χ2n) is 7.32. The minimum Gasteiger partial charge on any atom is -0.497 e. The Kier molecular flexibility index (Phi) is 6.48. The van der Waals surface area contributed by atoms with E-state index in [9.17, 15) is 9.59 Å². The molecule has 0 fully saturated rings. The third-order valence-corrected chi connectivity index (χ3v) is 6.92. The molecule has 0 bridgehead atoms. The molecule has 0 saturated heterocycles. The van der Waals surface area contributed by atoms with Crippen LogP contribution in [0.1, 0.15) is 17.4 Å². The molecule has 0 aliphatic carbocycles. The molecule has 1 amide bonds. The average Bonchev–Trinajstić information content (AvgIpc) is 3.46. The van der Waals surface area contributed by atoms with E-state index in [0.29, 0.717) is 16.8 Å². The van der Waals surface area contributed by atoms with Crippen molar-refractivity contribution in [2.45, 2.75) is 32.5 Å². The van der Waals surface area contributed by atoms with Gasteiger partial charge in [-0.1, -0.05) is 18.2 Å². The summed E-state index contributed by atoms with van der Waals surface area (Å²) >= 11 is 3.10. The summed E-state index contributed by atoms with van der Waals surface area (Å²) in [6, 6.07) is 13.5. The van der Waals surface area contributed by atoms with Gasteiger partial charge in [0, 0.05) is 23.9 Å². The summed E-state index contributed by atoms with van der Waals surface area (Å²) in [4.78, 5) is 34.2. The van der Waals surface area contributed by atoms with Crippen LogP contribution in [0.2, 0.25) is 0 Å². The van der Waals surface area contributed by atoms with Crippen LogP contribution in [-0.2, 0) is 24.3 Å². The maximum atomic E-state index is 13.4. The lowest BCUT2D eigenvalue weighted by Gasteiger charge is -2.29. The van der Waals surface area contributed by atoms with Gasteiger partial charge in [-0.15, -0.1) is 22.7 Å². The van der Waals surface area contributed by atoms with Gasteiger partial charge in [-0.05, 0) is 47.5 Å². The van der Waals surface area contributed by atoms with Crippen molar-refractivity contribution in [3.8, 4) is 5.75 Å². The maximum absolute atomic E-state index is 13.4. The summed E-state index contributed by atoms with van der Waals surface area (Å²) in [5, 5.41) is 4.43. The van der Waals surface area contributed by atoms with Crippen molar-refractivity contribution < 1.29 is 9.53 Å². The number of ether oxygens (including phenoxy) is 1. The second-order valence-corrected chi connectivity index (χ2v) is 9.25. The van der Waals surface area contributed by atoms with E-state index in [0.717, 1.165) is 17.7 Å². The minimum absolute atomic E-state index is 0.0261. The van der Waals surface area contributed by atoms with Crippen LogP contribution < -0.4 is 10.3 Å². The largest absolute Gasteiger partial charge is 0.497 e. The zero-order chi connectivity index (χ0) is 21.8. The van der Waals surface area contributed by atoms with Crippen LogP contribution in [0.25, 0.3) is 10.2 Å². The zero-order valence-electron chi connectivity index (χ0n) is 17.4. The van der Waals surface area contributed by atoms with E-state index in [1.54, 1.807) is 24.5 Å². The zero-order valence-corrected chi connectivity index (χ0v) is 19.0. The topological polar surface area (TPSA) is 64.4 Å². The number of carbonyl (C=O) groups is 1. The quantitative estimate of drug-likeness (QED) is 0.401. The van der Waals surface area contributed by atoms with E-state index < -0.39 is 0 Å². The van der Waals surface area contributed by atoms with Crippen LogP contribution in [0.3, 0.4) is 0 Å². The van der Waals surface area contributed by atoms with Gasteiger partial charge >= 0.3 is 0 Å². The molecule has 0 saturated carbocycles. The minimum atomic E-state index is -0.185. The average molecular weight is 454 g/mol. The Morgan fingerprint density at radius 2 is 1.97 bits per heavy atom. The predicted octanol–water partition coefficient (Wildman–Crippen LogP) is 4.19. The molecule has 1 aromatic carbocycles. The predicted molar refractivity (Wildman–Crippen MR) is 125 cm³/mol. The van der Waals surface area contributed by atoms with Gasteiger partial charge in [0.1, 0.15) is 17.1 Å². The van der Waals surface area contributed by atoms with Crippen LogP contribution in [0.4, 0.5) is 0 Å². The molecule has 8 heteroatoms. The van der Waals surface area contributed by atoms with Crippen molar-refractivity contribution in [1.29, 1.82) is 0 Å². The highest BCUT2D eigenvalue weighted by Crippen LogP contribution is 2.19. The Balaban J connectivity index is 1.58. The van der Waals surface area contributed by atoms with Crippen molar-refractivity contribution >= 4 is 38.8 Å². The van der Waals surface area contributed by atoms with Gasteiger partial charge in [-0.3, -0.25) is 14.2 Å². The lowest BCUT2D eigenvalue weighted by molar-refractivity contribution is -0.134. The molecular formula is C23H23N3O3S2. The number of nitrogens with zero attached hydrogens (tertiary/aromatic N) is 3. The fraction of sp³-hybridized carbons (Fsp3) is 0.261. The van der Waals surface area contributed by atoms with Crippen molar-refractivity contribution in [1.82, 2.24) is 14.5 Å². The third kappa shape index (κ3) is 4.86. The first-order valence-electron chi connectivity index (χ1n) is 9.92. The molecule has 0 unspecified atom stereocenters. The number of rotatable bonds is 8. The molecule has 0 N–H and O–H groups in total. The number of carbonyl (C=O) groups excluding carboxylic acids is 1. The highest BCUT2D eigenvalue weighted by Gasteiger charge is 2.22. The Morgan fingerprint density at radius 3 is 2.68 bits per heavy atom. The smallest absolute Gasteiger partial charge is 0.262 e. The number of hydrogen-bond acceptors (Lipinski definition) is 6. The monoisotopic (exact) mass is 453 g/mol. The fourth-order valence-corrected chi connectivity index (χ4v) is 5.04. The van der Waals surface area contributed by atoms with Crippen molar-refractivity contribution in [2.24, 2.45) is 0 Å².